The Bertz CT molecular complexity index is 385. The number of phenolic OH excluding ortho intramolecular Hbond substituents is 3. The number of esters is 1. The highest BCUT2D eigenvalue weighted by molar-refractivity contribution is 5.85. The van der Waals surface area contributed by atoms with Gasteiger partial charge in [0.1, 0.15) is 5.75 Å². The fraction of sp³-hybridized carbons (Fsp3) is 0.100. The smallest absolute Gasteiger partial charge is 0.336 e. The van der Waals surface area contributed by atoms with Gasteiger partial charge in [0.15, 0.2) is 11.5 Å². The fourth-order valence-electron chi connectivity index (χ4n) is 0.959. The van der Waals surface area contributed by atoms with E-state index in [2.05, 4.69) is 4.74 Å². The van der Waals surface area contributed by atoms with Crippen molar-refractivity contribution in [2.45, 2.75) is 6.92 Å². The van der Waals surface area contributed by atoms with Crippen molar-refractivity contribution in [2.24, 2.45) is 0 Å². The fourth-order valence-corrected chi connectivity index (χ4v) is 0.959. The lowest BCUT2D eigenvalue weighted by molar-refractivity contribution is -0.129. The van der Waals surface area contributed by atoms with E-state index in [1.165, 1.54) is 6.08 Å². The van der Waals surface area contributed by atoms with Crippen LogP contribution in [0.2, 0.25) is 0 Å². The van der Waals surface area contributed by atoms with Gasteiger partial charge in [-0.05, 0) is 6.92 Å². The zero-order chi connectivity index (χ0) is 11.4. The number of carbonyl (C=O) groups excluding carboxylic acids is 1. The van der Waals surface area contributed by atoms with Crippen LogP contribution in [-0.4, -0.2) is 21.3 Å². The Morgan fingerprint density at radius 1 is 1.27 bits per heavy atom. The van der Waals surface area contributed by atoms with E-state index in [9.17, 15) is 15.0 Å². The van der Waals surface area contributed by atoms with Crippen LogP contribution in [0.3, 0.4) is 0 Å². The van der Waals surface area contributed by atoms with Crippen LogP contribution in [0.1, 0.15) is 6.92 Å². The lowest BCUT2D eigenvalue weighted by Gasteiger charge is -2.06. The van der Waals surface area contributed by atoms with Crippen molar-refractivity contribution in [2.75, 3.05) is 0 Å². The molecule has 0 aliphatic heterocycles. The highest BCUT2D eigenvalue weighted by atomic mass is 16.5. The second kappa shape index (κ2) is 4.36. The molecule has 0 atom stereocenters. The molecule has 0 spiro atoms. The lowest BCUT2D eigenvalue weighted by atomic mass is 10.3. The van der Waals surface area contributed by atoms with Crippen LogP contribution in [0.4, 0.5) is 0 Å². The Morgan fingerprint density at radius 3 is 2.27 bits per heavy atom. The first-order chi connectivity index (χ1) is 7.04. The van der Waals surface area contributed by atoms with Gasteiger partial charge in [0, 0.05) is 18.2 Å². The molecule has 0 unspecified atom stereocenters. The molecule has 0 aliphatic rings. The van der Waals surface area contributed by atoms with Crippen LogP contribution in [0.15, 0.2) is 24.3 Å². The van der Waals surface area contributed by atoms with Gasteiger partial charge in [0.05, 0.1) is 0 Å². The number of carbonyl (C=O) groups is 1. The summed E-state index contributed by atoms with van der Waals surface area (Å²) in [5, 5.41) is 27.5. The van der Waals surface area contributed by atoms with Gasteiger partial charge in [-0.3, -0.25) is 0 Å². The third-order valence-corrected chi connectivity index (χ3v) is 1.54. The lowest BCUT2D eigenvalue weighted by Crippen LogP contribution is -2.03. The Morgan fingerprint density at radius 2 is 1.80 bits per heavy atom. The molecule has 0 amide bonds. The number of aromatic hydroxyl groups is 3. The summed E-state index contributed by atoms with van der Waals surface area (Å²) in [6.45, 7) is 1.62. The van der Waals surface area contributed by atoms with Crippen molar-refractivity contribution < 1.29 is 24.9 Å². The summed E-state index contributed by atoms with van der Waals surface area (Å²) in [5.41, 5.74) is 0. The van der Waals surface area contributed by atoms with Gasteiger partial charge in [-0.2, -0.15) is 0 Å². The quantitative estimate of drug-likeness (QED) is 0.389. The second-order valence-corrected chi connectivity index (χ2v) is 2.73. The molecule has 3 N–H and O–H groups in total. The van der Waals surface area contributed by atoms with E-state index < -0.39 is 17.5 Å². The zero-order valence-electron chi connectivity index (χ0n) is 7.97. The molecule has 5 nitrogen and oxygen atoms in total. The minimum atomic E-state index is -0.728. The standard InChI is InChI=1S/C10H10O5/c1-2-3-9(14)15-10-7(12)4-6(11)5-8(10)13/h2-5,11-13H,1H3/b3-2+. The number of allylic oxidation sites excluding steroid dienone is 1. The molecule has 0 saturated carbocycles. The molecule has 0 fully saturated rings. The van der Waals surface area contributed by atoms with Crippen LogP contribution < -0.4 is 4.74 Å². The van der Waals surface area contributed by atoms with E-state index in [4.69, 9.17) is 5.11 Å². The molecule has 0 aromatic heterocycles. The van der Waals surface area contributed by atoms with Crippen molar-refractivity contribution in [3.05, 3.63) is 24.3 Å². The topological polar surface area (TPSA) is 87.0 Å². The summed E-state index contributed by atoms with van der Waals surface area (Å²) in [6.07, 6.45) is 2.59. The Labute approximate surface area is 85.9 Å². The molecule has 1 aromatic carbocycles. The van der Waals surface area contributed by atoms with Crippen molar-refractivity contribution in [3.8, 4) is 23.0 Å². The predicted octanol–water partition coefficient (Wildman–Crippen LogP) is 1.28. The minimum absolute atomic E-state index is 0.323. The molecule has 80 valence electrons. The Balaban J connectivity index is 3.00. The highest BCUT2D eigenvalue weighted by Crippen LogP contribution is 2.39. The zero-order valence-corrected chi connectivity index (χ0v) is 7.97. The van der Waals surface area contributed by atoms with E-state index >= 15 is 0 Å². The SMILES string of the molecule is C/C=C/C(=O)Oc1c(O)cc(O)cc1O. The third kappa shape index (κ3) is 2.63. The molecule has 15 heavy (non-hydrogen) atoms. The Kier molecular flexibility index (Phi) is 3.17. The molecule has 1 rings (SSSR count). The minimum Gasteiger partial charge on any atom is -0.508 e. The maximum absolute atomic E-state index is 11.0. The molecular weight excluding hydrogens is 200 g/mol. The summed E-state index contributed by atoms with van der Waals surface area (Å²) in [6, 6.07) is 1.91. The van der Waals surface area contributed by atoms with E-state index in [0.717, 1.165) is 18.2 Å². The first-order valence-corrected chi connectivity index (χ1v) is 4.14. The third-order valence-electron chi connectivity index (χ3n) is 1.54. The number of ether oxygens (including phenoxy) is 1. The number of phenols is 3. The molecule has 5 heteroatoms. The molecule has 0 aliphatic carbocycles. The number of hydrogen-bond acceptors (Lipinski definition) is 5. The molecule has 0 radical (unpaired) electrons. The van der Waals surface area contributed by atoms with E-state index in [1.54, 1.807) is 6.92 Å². The monoisotopic (exact) mass is 210 g/mol. The molecule has 1 aromatic rings. The van der Waals surface area contributed by atoms with Gasteiger partial charge < -0.3 is 20.1 Å². The average molecular weight is 210 g/mol. The first-order valence-electron chi connectivity index (χ1n) is 4.14. The van der Waals surface area contributed by atoms with Gasteiger partial charge in [-0.15, -0.1) is 0 Å². The molecule has 0 bridgehead atoms. The Hall–Kier alpha value is -2.17. The maximum atomic E-state index is 11.0. The van der Waals surface area contributed by atoms with E-state index in [1.807, 2.05) is 0 Å². The number of rotatable bonds is 2. The number of hydrogen-bond donors (Lipinski definition) is 3. The summed E-state index contributed by atoms with van der Waals surface area (Å²) in [7, 11) is 0. The van der Waals surface area contributed by atoms with Gasteiger partial charge >= 0.3 is 5.97 Å². The summed E-state index contributed by atoms with van der Waals surface area (Å²) in [4.78, 5) is 11.0. The molecular formula is C10H10O5. The van der Waals surface area contributed by atoms with Gasteiger partial charge in [0.25, 0.3) is 0 Å². The van der Waals surface area contributed by atoms with Crippen molar-refractivity contribution in [3.63, 3.8) is 0 Å². The van der Waals surface area contributed by atoms with E-state index in [-0.39, 0.29) is 11.5 Å². The second-order valence-electron chi connectivity index (χ2n) is 2.73. The maximum Gasteiger partial charge on any atom is 0.336 e. The summed E-state index contributed by atoms with van der Waals surface area (Å²) in [5.74, 6) is -2.45. The molecule has 0 saturated heterocycles. The molecule has 0 heterocycles. The summed E-state index contributed by atoms with van der Waals surface area (Å²) < 4.78 is 4.63. The summed E-state index contributed by atoms with van der Waals surface area (Å²) >= 11 is 0. The predicted molar refractivity (Wildman–Crippen MR) is 51.9 cm³/mol. The van der Waals surface area contributed by atoms with Crippen LogP contribution in [0.5, 0.6) is 23.0 Å². The van der Waals surface area contributed by atoms with Gasteiger partial charge in [-0.1, -0.05) is 6.08 Å². The largest absolute Gasteiger partial charge is 0.508 e. The average Bonchev–Trinajstić information content (AvgIpc) is 2.11. The van der Waals surface area contributed by atoms with Crippen LogP contribution in [-0.2, 0) is 4.79 Å². The van der Waals surface area contributed by atoms with Gasteiger partial charge in [0.2, 0.25) is 5.75 Å². The van der Waals surface area contributed by atoms with Crippen molar-refractivity contribution >= 4 is 5.97 Å². The van der Waals surface area contributed by atoms with Crippen LogP contribution in [0, 0.1) is 0 Å². The number of benzene rings is 1. The normalized spacial score (nSPS) is 10.5. The van der Waals surface area contributed by atoms with Gasteiger partial charge in [-0.25, -0.2) is 4.79 Å². The first kappa shape index (κ1) is 10.9. The van der Waals surface area contributed by atoms with Crippen molar-refractivity contribution in [1.82, 2.24) is 0 Å². The van der Waals surface area contributed by atoms with Crippen LogP contribution >= 0.6 is 0 Å². The van der Waals surface area contributed by atoms with Crippen molar-refractivity contribution in [1.29, 1.82) is 0 Å². The van der Waals surface area contributed by atoms with E-state index in [0.29, 0.717) is 0 Å². The van der Waals surface area contributed by atoms with Crippen LogP contribution in [0.25, 0.3) is 0 Å². The highest BCUT2D eigenvalue weighted by Gasteiger charge is 2.13.